The molecule has 118 valence electrons. The van der Waals surface area contributed by atoms with Gasteiger partial charge in [-0.2, -0.15) is 0 Å². The van der Waals surface area contributed by atoms with Crippen LogP contribution in [-0.2, 0) is 0 Å². The van der Waals surface area contributed by atoms with Crippen LogP contribution in [0, 0.1) is 0 Å². The summed E-state index contributed by atoms with van der Waals surface area (Å²) < 4.78 is 1.83. The third-order valence-electron chi connectivity index (χ3n) is 5.14. The van der Waals surface area contributed by atoms with Crippen molar-refractivity contribution in [1.82, 2.24) is 29.3 Å². The number of nitrogens with zero attached hydrogens (tertiary/aromatic N) is 5. The van der Waals surface area contributed by atoms with E-state index >= 15 is 0 Å². The van der Waals surface area contributed by atoms with Crippen LogP contribution in [0.1, 0.15) is 25.3 Å². The molecule has 0 radical (unpaired) electrons. The van der Waals surface area contributed by atoms with E-state index in [1.807, 2.05) is 4.57 Å². The Kier molecular flexibility index (Phi) is 3.46. The highest BCUT2D eigenvalue weighted by molar-refractivity contribution is 5.69. The highest BCUT2D eigenvalue weighted by atomic mass is 16.1. The van der Waals surface area contributed by atoms with E-state index in [2.05, 4.69) is 31.8 Å². The predicted molar refractivity (Wildman–Crippen MR) is 83.9 cm³/mol. The number of likely N-dealkylation sites (tertiary alicyclic amines) is 2. The molecule has 7 heteroatoms. The van der Waals surface area contributed by atoms with Crippen LogP contribution in [0.15, 0.2) is 17.3 Å². The molecule has 0 unspecified atom stereocenters. The second-order valence-corrected chi connectivity index (χ2v) is 6.53. The van der Waals surface area contributed by atoms with E-state index in [4.69, 9.17) is 0 Å². The molecule has 2 aliphatic heterocycles. The van der Waals surface area contributed by atoms with E-state index in [9.17, 15) is 4.79 Å². The Labute approximate surface area is 129 Å². The topological polar surface area (TPSA) is 70.0 Å². The molecule has 22 heavy (non-hydrogen) atoms. The normalized spacial score (nSPS) is 25.2. The summed E-state index contributed by atoms with van der Waals surface area (Å²) in [4.78, 5) is 28.4. The molecule has 0 aromatic carbocycles. The van der Waals surface area contributed by atoms with Gasteiger partial charge in [0, 0.05) is 19.1 Å². The fourth-order valence-corrected chi connectivity index (χ4v) is 3.88. The Morgan fingerprint density at radius 1 is 1.18 bits per heavy atom. The molecule has 7 nitrogen and oxygen atoms in total. The molecule has 2 fully saturated rings. The molecule has 4 heterocycles. The van der Waals surface area contributed by atoms with E-state index < -0.39 is 0 Å². The zero-order chi connectivity index (χ0) is 15.1. The minimum Gasteiger partial charge on any atom is -0.306 e. The van der Waals surface area contributed by atoms with Crippen LogP contribution >= 0.6 is 0 Å². The van der Waals surface area contributed by atoms with Gasteiger partial charge in [0.15, 0.2) is 5.65 Å². The SMILES string of the molecule is CN1CCC(N2CC[C@H](n3c(=O)[nH]c4cncnc43)C2)CC1. The zero-order valence-corrected chi connectivity index (χ0v) is 12.9. The molecule has 4 rings (SSSR count). The van der Waals surface area contributed by atoms with Gasteiger partial charge in [0.2, 0.25) is 0 Å². The molecule has 0 spiro atoms. The zero-order valence-electron chi connectivity index (χ0n) is 12.9. The summed E-state index contributed by atoms with van der Waals surface area (Å²) in [6.07, 6.45) is 6.66. The quantitative estimate of drug-likeness (QED) is 0.873. The van der Waals surface area contributed by atoms with E-state index in [0.717, 1.165) is 30.7 Å². The van der Waals surface area contributed by atoms with Crippen LogP contribution < -0.4 is 5.69 Å². The van der Waals surface area contributed by atoms with E-state index in [0.29, 0.717) is 6.04 Å². The lowest BCUT2D eigenvalue weighted by molar-refractivity contribution is 0.140. The van der Waals surface area contributed by atoms with Crippen molar-refractivity contribution in [3.05, 3.63) is 23.0 Å². The van der Waals surface area contributed by atoms with Gasteiger partial charge in [-0.05, 0) is 39.4 Å². The smallest absolute Gasteiger partial charge is 0.306 e. The molecule has 2 saturated heterocycles. The maximum atomic E-state index is 12.3. The molecule has 2 aromatic rings. The lowest BCUT2D eigenvalue weighted by Crippen LogP contribution is -2.42. The number of nitrogens with one attached hydrogen (secondary N) is 1. The highest BCUT2D eigenvalue weighted by Crippen LogP contribution is 2.27. The van der Waals surface area contributed by atoms with Crippen molar-refractivity contribution in [1.29, 1.82) is 0 Å². The van der Waals surface area contributed by atoms with Gasteiger partial charge >= 0.3 is 5.69 Å². The summed E-state index contributed by atoms with van der Waals surface area (Å²) in [6.45, 7) is 4.37. The third kappa shape index (κ3) is 2.34. The molecule has 2 aromatic heterocycles. The lowest BCUT2D eigenvalue weighted by atomic mass is 10.0. The van der Waals surface area contributed by atoms with Crippen molar-refractivity contribution >= 4 is 11.2 Å². The number of hydrogen-bond acceptors (Lipinski definition) is 5. The first kappa shape index (κ1) is 13.9. The van der Waals surface area contributed by atoms with Gasteiger partial charge < -0.3 is 9.88 Å². The van der Waals surface area contributed by atoms with Gasteiger partial charge in [0.25, 0.3) is 0 Å². The Balaban J connectivity index is 1.55. The van der Waals surface area contributed by atoms with Gasteiger partial charge in [-0.25, -0.2) is 14.8 Å². The molecule has 1 atom stereocenters. The van der Waals surface area contributed by atoms with Crippen molar-refractivity contribution < 1.29 is 0 Å². The van der Waals surface area contributed by atoms with E-state index in [1.54, 1.807) is 6.20 Å². The van der Waals surface area contributed by atoms with Crippen LogP contribution in [0.3, 0.4) is 0 Å². The number of H-pyrrole nitrogens is 1. The summed E-state index contributed by atoms with van der Waals surface area (Å²) in [5.74, 6) is 0. The molecule has 0 saturated carbocycles. The van der Waals surface area contributed by atoms with Crippen molar-refractivity contribution in [3.8, 4) is 0 Å². The van der Waals surface area contributed by atoms with Gasteiger partial charge in [0.1, 0.15) is 11.8 Å². The van der Waals surface area contributed by atoms with E-state index in [1.165, 1.54) is 32.3 Å². The first-order chi connectivity index (χ1) is 10.7. The highest BCUT2D eigenvalue weighted by Gasteiger charge is 2.32. The lowest BCUT2D eigenvalue weighted by Gasteiger charge is -2.35. The maximum Gasteiger partial charge on any atom is 0.328 e. The van der Waals surface area contributed by atoms with Crippen molar-refractivity contribution in [2.45, 2.75) is 31.3 Å². The Morgan fingerprint density at radius 2 is 1.95 bits per heavy atom. The number of aromatic nitrogens is 4. The van der Waals surface area contributed by atoms with Crippen molar-refractivity contribution in [2.75, 3.05) is 33.2 Å². The number of fused-ring (bicyclic) bond motifs is 1. The number of imidazole rings is 1. The molecule has 1 N–H and O–H groups in total. The number of aromatic amines is 1. The summed E-state index contributed by atoms with van der Waals surface area (Å²) in [7, 11) is 2.19. The van der Waals surface area contributed by atoms with Gasteiger partial charge in [-0.1, -0.05) is 0 Å². The number of rotatable bonds is 2. The molecule has 0 aliphatic carbocycles. The third-order valence-corrected chi connectivity index (χ3v) is 5.14. The molecular weight excluding hydrogens is 280 g/mol. The minimum atomic E-state index is -0.0641. The fourth-order valence-electron chi connectivity index (χ4n) is 3.88. The standard InChI is InChI=1S/C15H22N6O/c1-19-5-2-11(3-6-19)20-7-4-12(9-20)21-14-13(18-15(21)22)8-16-10-17-14/h8,10-12H,2-7,9H2,1H3,(H,18,22)/t12-/m0/s1. The van der Waals surface area contributed by atoms with E-state index in [-0.39, 0.29) is 11.7 Å². The Morgan fingerprint density at radius 3 is 2.77 bits per heavy atom. The second kappa shape index (κ2) is 5.48. The Bertz CT molecular complexity index is 714. The maximum absolute atomic E-state index is 12.3. The predicted octanol–water partition coefficient (Wildman–Crippen LogP) is 0.461. The van der Waals surface area contributed by atoms with Gasteiger partial charge in [-0.15, -0.1) is 0 Å². The van der Waals surface area contributed by atoms with Crippen LogP contribution in [0.25, 0.3) is 11.2 Å². The molecular formula is C15H22N6O. The average molecular weight is 302 g/mol. The molecule has 2 aliphatic rings. The molecule has 0 bridgehead atoms. The fraction of sp³-hybridized carbons (Fsp3) is 0.667. The van der Waals surface area contributed by atoms with Crippen LogP contribution in [0.5, 0.6) is 0 Å². The summed E-state index contributed by atoms with van der Waals surface area (Å²) in [5.41, 5.74) is 1.39. The first-order valence-corrected chi connectivity index (χ1v) is 8.05. The van der Waals surface area contributed by atoms with Crippen LogP contribution in [-0.4, -0.2) is 68.6 Å². The summed E-state index contributed by atoms with van der Waals surface area (Å²) >= 11 is 0. The van der Waals surface area contributed by atoms with Gasteiger partial charge in [0.05, 0.1) is 12.2 Å². The number of hydrogen-bond donors (Lipinski definition) is 1. The summed E-state index contributed by atoms with van der Waals surface area (Å²) in [6, 6.07) is 0.882. The minimum absolute atomic E-state index is 0.0641. The molecule has 0 amide bonds. The average Bonchev–Trinajstić information content (AvgIpc) is 3.11. The van der Waals surface area contributed by atoms with Crippen molar-refractivity contribution in [3.63, 3.8) is 0 Å². The van der Waals surface area contributed by atoms with Crippen molar-refractivity contribution in [2.24, 2.45) is 0 Å². The van der Waals surface area contributed by atoms with Crippen LogP contribution in [0.4, 0.5) is 0 Å². The monoisotopic (exact) mass is 302 g/mol. The first-order valence-electron chi connectivity index (χ1n) is 8.05. The summed E-state index contributed by atoms with van der Waals surface area (Å²) in [5, 5.41) is 0. The second-order valence-electron chi connectivity index (χ2n) is 6.53. The largest absolute Gasteiger partial charge is 0.328 e. The Hall–Kier alpha value is -1.73. The van der Waals surface area contributed by atoms with Crippen LogP contribution in [0.2, 0.25) is 0 Å². The van der Waals surface area contributed by atoms with Gasteiger partial charge in [-0.3, -0.25) is 9.47 Å². The number of piperidine rings is 1.